The molecular weight excluding hydrogens is 451 g/mol. The standard InChI is InChI=1S/C22H19FN4O3S2/c23-14-8-10-15(11-9-14)32(29,30)13-12-20(28)25-21-16-4-3-6-17(16)26-27(21)22-24-18-5-1-2-7-19(18)31-22/h1-2,5,7-11H,3-4,6,12-13H2,(H,25,28). The summed E-state index contributed by atoms with van der Waals surface area (Å²) >= 11 is 1.48. The molecule has 2 aromatic heterocycles. The number of aryl methyl sites for hydroxylation is 1. The van der Waals surface area contributed by atoms with Crippen LogP contribution in [-0.2, 0) is 27.5 Å². The molecule has 0 fully saturated rings. The third kappa shape index (κ3) is 3.91. The SMILES string of the molecule is O=C(CCS(=O)(=O)c1ccc(F)cc1)Nc1c2c(nn1-c1nc3ccccc3s1)CCC2. The lowest BCUT2D eigenvalue weighted by Crippen LogP contribution is -2.20. The fourth-order valence-corrected chi connectivity index (χ4v) is 5.96. The predicted octanol–water partition coefficient (Wildman–Crippen LogP) is 3.91. The number of sulfone groups is 1. The first-order valence-corrected chi connectivity index (χ1v) is 12.6. The van der Waals surface area contributed by atoms with E-state index in [4.69, 9.17) is 0 Å². The van der Waals surface area contributed by atoms with Gasteiger partial charge >= 0.3 is 0 Å². The van der Waals surface area contributed by atoms with Gasteiger partial charge in [-0.1, -0.05) is 23.5 Å². The molecular formula is C22H19FN4O3S2. The van der Waals surface area contributed by atoms with Crippen molar-refractivity contribution in [2.45, 2.75) is 30.6 Å². The van der Waals surface area contributed by atoms with E-state index >= 15 is 0 Å². The topological polar surface area (TPSA) is 94.0 Å². The molecule has 32 heavy (non-hydrogen) atoms. The molecule has 0 radical (unpaired) electrons. The van der Waals surface area contributed by atoms with Gasteiger partial charge in [0.15, 0.2) is 9.84 Å². The summed E-state index contributed by atoms with van der Waals surface area (Å²) in [5, 5.41) is 8.19. The maximum Gasteiger partial charge on any atom is 0.226 e. The number of nitrogens with one attached hydrogen (secondary N) is 1. The van der Waals surface area contributed by atoms with E-state index in [1.807, 2.05) is 24.3 Å². The van der Waals surface area contributed by atoms with Crippen LogP contribution in [-0.4, -0.2) is 34.8 Å². The van der Waals surface area contributed by atoms with E-state index in [1.165, 1.54) is 23.5 Å². The lowest BCUT2D eigenvalue weighted by molar-refractivity contribution is -0.115. The van der Waals surface area contributed by atoms with Gasteiger partial charge in [-0.25, -0.2) is 17.8 Å². The van der Waals surface area contributed by atoms with Crippen molar-refractivity contribution < 1.29 is 17.6 Å². The number of aromatic nitrogens is 3. The average Bonchev–Trinajstić information content (AvgIpc) is 3.48. The van der Waals surface area contributed by atoms with Crippen LogP contribution < -0.4 is 5.32 Å². The number of thiazole rings is 1. The quantitative estimate of drug-likeness (QED) is 0.431. The number of hydrogen-bond acceptors (Lipinski definition) is 6. The van der Waals surface area contributed by atoms with Gasteiger partial charge in [0.1, 0.15) is 11.6 Å². The minimum absolute atomic E-state index is 0.00731. The molecule has 10 heteroatoms. The molecule has 0 saturated carbocycles. The molecule has 0 aliphatic heterocycles. The van der Waals surface area contributed by atoms with Gasteiger partial charge < -0.3 is 5.32 Å². The average molecular weight is 471 g/mol. The zero-order valence-electron chi connectivity index (χ0n) is 16.9. The third-order valence-electron chi connectivity index (χ3n) is 5.40. The number of nitrogens with zero attached hydrogens (tertiary/aromatic N) is 3. The highest BCUT2D eigenvalue weighted by Crippen LogP contribution is 2.33. The van der Waals surface area contributed by atoms with Gasteiger partial charge in [0.05, 0.1) is 26.6 Å². The van der Waals surface area contributed by atoms with Crippen molar-refractivity contribution >= 4 is 43.1 Å². The number of para-hydroxylation sites is 1. The van der Waals surface area contributed by atoms with Gasteiger partial charge in [0.25, 0.3) is 0 Å². The fourth-order valence-electron chi connectivity index (χ4n) is 3.79. The monoisotopic (exact) mass is 470 g/mol. The van der Waals surface area contributed by atoms with Gasteiger partial charge in [-0.05, 0) is 55.7 Å². The van der Waals surface area contributed by atoms with Gasteiger partial charge in [-0.15, -0.1) is 0 Å². The smallest absolute Gasteiger partial charge is 0.226 e. The van der Waals surface area contributed by atoms with Crippen LogP contribution in [0.3, 0.4) is 0 Å². The number of hydrogen-bond donors (Lipinski definition) is 1. The van der Waals surface area contributed by atoms with Crippen molar-refractivity contribution in [1.82, 2.24) is 14.8 Å². The first-order valence-electron chi connectivity index (χ1n) is 10.2. The van der Waals surface area contributed by atoms with Gasteiger partial charge in [-0.2, -0.15) is 9.78 Å². The number of halogens is 1. The highest BCUT2D eigenvalue weighted by Gasteiger charge is 2.26. The van der Waals surface area contributed by atoms with Gasteiger partial charge in [-0.3, -0.25) is 4.79 Å². The van der Waals surface area contributed by atoms with Gasteiger partial charge in [0.2, 0.25) is 11.0 Å². The Kier molecular flexibility index (Phi) is 5.26. The molecule has 4 aromatic rings. The molecule has 5 rings (SSSR count). The summed E-state index contributed by atoms with van der Waals surface area (Å²) in [5.41, 5.74) is 2.75. The maximum atomic E-state index is 13.1. The van der Waals surface area contributed by atoms with Crippen molar-refractivity contribution in [2.24, 2.45) is 0 Å². The molecule has 164 valence electrons. The molecule has 1 aliphatic carbocycles. The number of amides is 1. The zero-order valence-corrected chi connectivity index (χ0v) is 18.5. The Morgan fingerprint density at radius 2 is 1.91 bits per heavy atom. The summed E-state index contributed by atoms with van der Waals surface area (Å²) in [6.45, 7) is 0. The third-order valence-corrected chi connectivity index (χ3v) is 8.14. The van der Waals surface area contributed by atoms with Crippen LogP contribution in [0.1, 0.15) is 24.1 Å². The molecule has 1 aliphatic rings. The van der Waals surface area contributed by atoms with Crippen molar-refractivity contribution in [1.29, 1.82) is 0 Å². The summed E-state index contributed by atoms with van der Waals surface area (Å²) < 4.78 is 40.7. The highest BCUT2D eigenvalue weighted by atomic mass is 32.2. The van der Waals surface area contributed by atoms with Crippen molar-refractivity contribution in [2.75, 3.05) is 11.1 Å². The minimum atomic E-state index is -3.70. The number of carbonyl (C=O) groups is 1. The molecule has 2 aromatic carbocycles. The Morgan fingerprint density at radius 3 is 2.69 bits per heavy atom. The van der Waals surface area contributed by atoms with E-state index in [0.29, 0.717) is 10.9 Å². The number of rotatable bonds is 6. The van der Waals surface area contributed by atoms with Crippen LogP contribution >= 0.6 is 11.3 Å². The normalized spacial score (nSPS) is 13.4. The van der Waals surface area contributed by atoms with Crippen LogP contribution in [0.2, 0.25) is 0 Å². The molecule has 1 amide bonds. The molecule has 0 saturated heterocycles. The minimum Gasteiger partial charge on any atom is -0.310 e. The Balaban J connectivity index is 1.38. The van der Waals surface area contributed by atoms with Crippen LogP contribution in [0.5, 0.6) is 0 Å². The summed E-state index contributed by atoms with van der Waals surface area (Å²) in [6.07, 6.45) is 2.36. The molecule has 2 heterocycles. The van der Waals surface area contributed by atoms with E-state index in [-0.39, 0.29) is 17.1 Å². The second kappa shape index (κ2) is 8.10. The van der Waals surface area contributed by atoms with E-state index in [2.05, 4.69) is 15.4 Å². The summed E-state index contributed by atoms with van der Waals surface area (Å²) in [6, 6.07) is 12.4. The van der Waals surface area contributed by atoms with Crippen LogP contribution in [0.4, 0.5) is 10.2 Å². The molecule has 0 unspecified atom stereocenters. The Morgan fingerprint density at radius 1 is 1.12 bits per heavy atom. The molecule has 1 N–H and O–H groups in total. The Labute approximate surface area is 187 Å². The number of fused-ring (bicyclic) bond motifs is 2. The van der Waals surface area contributed by atoms with Crippen LogP contribution in [0, 0.1) is 5.82 Å². The number of anilines is 1. The van der Waals surface area contributed by atoms with E-state index in [9.17, 15) is 17.6 Å². The lowest BCUT2D eigenvalue weighted by Gasteiger charge is -2.09. The summed E-state index contributed by atoms with van der Waals surface area (Å²) in [5.74, 6) is -0.755. The van der Waals surface area contributed by atoms with E-state index in [0.717, 1.165) is 52.9 Å². The van der Waals surface area contributed by atoms with E-state index in [1.54, 1.807) is 4.68 Å². The Hall–Kier alpha value is -3.11. The second-order valence-corrected chi connectivity index (χ2v) is 10.7. The summed E-state index contributed by atoms with van der Waals surface area (Å²) in [4.78, 5) is 17.3. The first-order chi connectivity index (χ1) is 15.4. The van der Waals surface area contributed by atoms with E-state index < -0.39 is 21.6 Å². The zero-order chi connectivity index (χ0) is 22.3. The predicted molar refractivity (Wildman–Crippen MR) is 120 cm³/mol. The molecule has 0 bridgehead atoms. The summed E-state index contributed by atoms with van der Waals surface area (Å²) in [7, 11) is -3.70. The number of carbonyl (C=O) groups excluding carboxylic acids is 1. The van der Waals surface area contributed by atoms with Crippen molar-refractivity contribution in [3.8, 4) is 5.13 Å². The van der Waals surface area contributed by atoms with Crippen molar-refractivity contribution in [3.05, 3.63) is 65.6 Å². The molecule has 0 atom stereocenters. The Bertz CT molecular complexity index is 1390. The molecule has 7 nitrogen and oxygen atoms in total. The second-order valence-electron chi connectivity index (χ2n) is 7.57. The van der Waals surface area contributed by atoms with Crippen LogP contribution in [0.15, 0.2) is 53.4 Å². The molecule has 0 spiro atoms. The lowest BCUT2D eigenvalue weighted by atomic mass is 10.2. The fraction of sp³-hybridized carbons (Fsp3) is 0.227. The highest BCUT2D eigenvalue weighted by molar-refractivity contribution is 7.91. The maximum absolute atomic E-state index is 13.1. The van der Waals surface area contributed by atoms with Gasteiger partial charge in [0, 0.05) is 12.0 Å². The largest absolute Gasteiger partial charge is 0.310 e. The number of benzene rings is 2. The first kappa shape index (κ1) is 20.8. The van der Waals surface area contributed by atoms with Crippen molar-refractivity contribution in [3.63, 3.8) is 0 Å². The van der Waals surface area contributed by atoms with Crippen LogP contribution in [0.25, 0.3) is 15.3 Å².